The van der Waals surface area contributed by atoms with Crippen molar-refractivity contribution in [3.8, 4) is 5.69 Å². The highest BCUT2D eigenvalue weighted by Crippen LogP contribution is 2.20. The fourth-order valence-corrected chi connectivity index (χ4v) is 1.59. The molecule has 0 saturated heterocycles. The Labute approximate surface area is 117 Å². The molecule has 20 heavy (non-hydrogen) atoms. The van der Waals surface area contributed by atoms with E-state index in [1.54, 1.807) is 6.92 Å². The number of amides is 1. The van der Waals surface area contributed by atoms with Crippen molar-refractivity contribution in [3.63, 3.8) is 0 Å². The van der Waals surface area contributed by atoms with Crippen LogP contribution in [0.15, 0.2) is 24.5 Å². The Morgan fingerprint density at radius 2 is 2.25 bits per heavy atom. The van der Waals surface area contributed by atoms with Gasteiger partial charge in [-0.15, -0.1) is 5.10 Å². The number of rotatable bonds is 4. The fourth-order valence-electron chi connectivity index (χ4n) is 1.59. The molecule has 3 N–H and O–H groups in total. The topological polar surface area (TPSA) is 98.7 Å². The van der Waals surface area contributed by atoms with E-state index in [4.69, 9.17) is 5.73 Å². The van der Waals surface area contributed by atoms with Crippen LogP contribution in [0.3, 0.4) is 0 Å². The number of nitrogens with two attached hydrogens (primary N) is 1. The molecular formula is C13H18N6O. The van der Waals surface area contributed by atoms with Crippen LogP contribution in [0, 0.1) is 6.92 Å². The molecule has 1 atom stereocenters. The molecule has 0 aliphatic rings. The van der Waals surface area contributed by atoms with Crippen LogP contribution in [-0.2, 0) is 4.79 Å². The van der Waals surface area contributed by atoms with E-state index < -0.39 is 5.54 Å². The normalized spacial score (nSPS) is 13.8. The van der Waals surface area contributed by atoms with Crippen LogP contribution in [0.25, 0.3) is 5.69 Å². The highest BCUT2D eigenvalue weighted by Gasteiger charge is 2.26. The minimum absolute atomic E-state index is 0.211. The van der Waals surface area contributed by atoms with Crippen molar-refractivity contribution < 1.29 is 4.79 Å². The summed E-state index contributed by atoms with van der Waals surface area (Å²) >= 11 is 0. The number of carbonyl (C=O) groups excluding carboxylic acids is 1. The van der Waals surface area contributed by atoms with Crippen LogP contribution in [0.2, 0.25) is 0 Å². The van der Waals surface area contributed by atoms with E-state index in [2.05, 4.69) is 20.8 Å². The molecule has 1 unspecified atom stereocenters. The Kier molecular flexibility index (Phi) is 3.80. The quantitative estimate of drug-likeness (QED) is 0.867. The SMILES string of the molecule is CCC(C)(N)C(=O)Nc1cc(-n2cnnn2)ccc1C. The lowest BCUT2D eigenvalue weighted by molar-refractivity contribution is -0.120. The second-order valence-electron chi connectivity index (χ2n) is 4.98. The largest absolute Gasteiger partial charge is 0.324 e. The van der Waals surface area contributed by atoms with Gasteiger partial charge in [0.25, 0.3) is 0 Å². The fraction of sp³-hybridized carbons (Fsp3) is 0.385. The maximum Gasteiger partial charge on any atom is 0.244 e. The van der Waals surface area contributed by atoms with E-state index in [0.29, 0.717) is 12.1 Å². The van der Waals surface area contributed by atoms with Crippen LogP contribution in [0.5, 0.6) is 0 Å². The molecule has 0 fully saturated rings. The molecule has 0 aliphatic carbocycles. The van der Waals surface area contributed by atoms with Gasteiger partial charge >= 0.3 is 0 Å². The average Bonchev–Trinajstić information content (AvgIpc) is 2.95. The number of nitrogens with zero attached hydrogens (tertiary/aromatic N) is 4. The first-order chi connectivity index (χ1) is 9.44. The molecule has 0 aliphatic heterocycles. The monoisotopic (exact) mass is 274 g/mol. The van der Waals surface area contributed by atoms with Gasteiger partial charge in [-0.25, -0.2) is 4.68 Å². The number of hydrogen-bond acceptors (Lipinski definition) is 5. The van der Waals surface area contributed by atoms with Gasteiger partial charge in [0, 0.05) is 5.69 Å². The van der Waals surface area contributed by atoms with Gasteiger partial charge in [-0.3, -0.25) is 4.79 Å². The van der Waals surface area contributed by atoms with Gasteiger partial charge < -0.3 is 11.1 Å². The lowest BCUT2D eigenvalue weighted by Crippen LogP contribution is -2.47. The summed E-state index contributed by atoms with van der Waals surface area (Å²) in [6.45, 7) is 5.51. The van der Waals surface area contributed by atoms with E-state index in [-0.39, 0.29) is 5.91 Å². The van der Waals surface area contributed by atoms with E-state index in [1.165, 1.54) is 11.0 Å². The summed E-state index contributed by atoms with van der Waals surface area (Å²) < 4.78 is 1.52. The van der Waals surface area contributed by atoms with Crippen molar-refractivity contribution in [2.45, 2.75) is 32.7 Å². The molecule has 1 amide bonds. The van der Waals surface area contributed by atoms with Gasteiger partial charge in [0.2, 0.25) is 5.91 Å². The zero-order valence-corrected chi connectivity index (χ0v) is 11.8. The number of aryl methyl sites for hydroxylation is 1. The van der Waals surface area contributed by atoms with Gasteiger partial charge in [0.05, 0.1) is 11.2 Å². The number of tetrazole rings is 1. The Hall–Kier alpha value is -2.28. The van der Waals surface area contributed by atoms with Crippen LogP contribution in [-0.4, -0.2) is 31.7 Å². The van der Waals surface area contributed by atoms with E-state index in [9.17, 15) is 4.79 Å². The highest BCUT2D eigenvalue weighted by molar-refractivity contribution is 5.98. The molecule has 2 aromatic rings. The predicted octanol–water partition coefficient (Wildman–Crippen LogP) is 1.04. The second-order valence-corrected chi connectivity index (χ2v) is 4.98. The first-order valence-electron chi connectivity index (χ1n) is 6.38. The summed E-state index contributed by atoms with van der Waals surface area (Å²) in [5.41, 5.74) is 7.47. The van der Waals surface area contributed by atoms with Gasteiger partial charge in [-0.1, -0.05) is 13.0 Å². The molecule has 2 rings (SSSR count). The number of nitrogens with one attached hydrogen (secondary N) is 1. The van der Waals surface area contributed by atoms with Crippen molar-refractivity contribution in [1.29, 1.82) is 0 Å². The molecule has 0 bridgehead atoms. The average molecular weight is 274 g/mol. The third-order valence-electron chi connectivity index (χ3n) is 3.34. The minimum atomic E-state index is -0.892. The summed E-state index contributed by atoms with van der Waals surface area (Å²) in [7, 11) is 0. The number of carbonyl (C=O) groups is 1. The van der Waals surface area contributed by atoms with Crippen LogP contribution in [0.1, 0.15) is 25.8 Å². The van der Waals surface area contributed by atoms with Crippen LogP contribution < -0.4 is 11.1 Å². The van der Waals surface area contributed by atoms with Crippen molar-refractivity contribution >= 4 is 11.6 Å². The first kappa shape index (κ1) is 14.1. The third-order valence-corrected chi connectivity index (χ3v) is 3.34. The zero-order chi connectivity index (χ0) is 14.8. The standard InChI is InChI=1S/C13H18N6O/c1-4-13(3,14)12(20)16-11-7-10(6-5-9(11)2)19-8-15-17-18-19/h5-8H,4,14H2,1-3H3,(H,16,20). The summed E-state index contributed by atoms with van der Waals surface area (Å²) in [6, 6.07) is 5.59. The second kappa shape index (κ2) is 5.38. The maximum atomic E-state index is 12.1. The van der Waals surface area contributed by atoms with Gasteiger partial charge in [0.1, 0.15) is 6.33 Å². The smallest absolute Gasteiger partial charge is 0.244 e. The molecule has 0 radical (unpaired) electrons. The molecule has 1 aromatic heterocycles. The summed E-state index contributed by atoms with van der Waals surface area (Å²) in [4.78, 5) is 12.1. The summed E-state index contributed by atoms with van der Waals surface area (Å²) in [5, 5.41) is 13.9. The Bertz CT molecular complexity index is 605. The lowest BCUT2D eigenvalue weighted by Gasteiger charge is -2.22. The van der Waals surface area contributed by atoms with Gasteiger partial charge in [-0.2, -0.15) is 0 Å². The number of benzene rings is 1. The molecule has 1 heterocycles. The minimum Gasteiger partial charge on any atom is -0.324 e. The van der Waals surface area contributed by atoms with Gasteiger partial charge in [-0.05, 0) is 48.4 Å². The van der Waals surface area contributed by atoms with E-state index in [0.717, 1.165) is 11.3 Å². The molecule has 7 nitrogen and oxygen atoms in total. The zero-order valence-electron chi connectivity index (χ0n) is 11.8. The van der Waals surface area contributed by atoms with Crippen molar-refractivity contribution in [2.24, 2.45) is 5.73 Å². The Morgan fingerprint density at radius 1 is 1.50 bits per heavy atom. The molecule has 106 valence electrons. The molecular weight excluding hydrogens is 256 g/mol. The molecule has 1 aromatic carbocycles. The van der Waals surface area contributed by atoms with E-state index in [1.807, 2.05) is 32.0 Å². The highest BCUT2D eigenvalue weighted by atomic mass is 16.2. The Morgan fingerprint density at radius 3 is 2.85 bits per heavy atom. The molecule has 0 saturated carbocycles. The molecule has 0 spiro atoms. The summed E-state index contributed by atoms with van der Waals surface area (Å²) in [5.74, 6) is -0.211. The maximum absolute atomic E-state index is 12.1. The lowest BCUT2D eigenvalue weighted by atomic mass is 9.99. The van der Waals surface area contributed by atoms with Crippen LogP contribution in [0.4, 0.5) is 5.69 Å². The third kappa shape index (κ3) is 2.83. The van der Waals surface area contributed by atoms with Crippen LogP contribution >= 0.6 is 0 Å². The van der Waals surface area contributed by atoms with Crippen molar-refractivity contribution in [3.05, 3.63) is 30.1 Å². The Balaban J connectivity index is 2.28. The number of aromatic nitrogens is 4. The predicted molar refractivity (Wildman–Crippen MR) is 75.4 cm³/mol. The molecule has 7 heteroatoms. The number of anilines is 1. The summed E-state index contributed by atoms with van der Waals surface area (Å²) in [6.07, 6.45) is 2.06. The van der Waals surface area contributed by atoms with E-state index >= 15 is 0 Å². The number of hydrogen-bond donors (Lipinski definition) is 2. The van der Waals surface area contributed by atoms with Crippen molar-refractivity contribution in [2.75, 3.05) is 5.32 Å². The van der Waals surface area contributed by atoms with Crippen molar-refractivity contribution in [1.82, 2.24) is 20.2 Å². The van der Waals surface area contributed by atoms with Gasteiger partial charge in [0.15, 0.2) is 0 Å². The first-order valence-corrected chi connectivity index (χ1v) is 6.38.